The molecule has 0 saturated carbocycles. The van der Waals surface area contributed by atoms with Crippen LogP contribution < -0.4 is 19.5 Å². The van der Waals surface area contributed by atoms with Crippen molar-refractivity contribution < 1.29 is 19.0 Å². The molecule has 0 aliphatic rings. The van der Waals surface area contributed by atoms with Gasteiger partial charge in [0.15, 0.2) is 11.5 Å². The van der Waals surface area contributed by atoms with Crippen molar-refractivity contribution in [2.24, 2.45) is 0 Å². The molecule has 0 aromatic heterocycles. The van der Waals surface area contributed by atoms with Crippen molar-refractivity contribution in [1.29, 1.82) is 0 Å². The van der Waals surface area contributed by atoms with Crippen LogP contribution in [0.25, 0.3) is 0 Å². The van der Waals surface area contributed by atoms with Gasteiger partial charge in [0.05, 0.1) is 21.3 Å². The van der Waals surface area contributed by atoms with E-state index in [-0.39, 0.29) is 5.91 Å². The van der Waals surface area contributed by atoms with Gasteiger partial charge in [0.2, 0.25) is 5.75 Å². The third-order valence-electron chi connectivity index (χ3n) is 3.50. The Labute approximate surface area is 136 Å². The maximum absolute atomic E-state index is 12.4. The molecule has 5 heteroatoms. The molecule has 2 aromatic carbocycles. The number of hydrogen-bond acceptors (Lipinski definition) is 4. The summed E-state index contributed by atoms with van der Waals surface area (Å²) in [6, 6.07) is 11.3. The summed E-state index contributed by atoms with van der Waals surface area (Å²) in [6.45, 7) is 2.48. The van der Waals surface area contributed by atoms with Crippen LogP contribution in [0.4, 0.5) is 0 Å². The summed E-state index contributed by atoms with van der Waals surface area (Å²) in [4.78, 5) is 12.4. The topological polar surface area (TPSA) is 56.8 Å². The molecular formula is C18H21NO4. The lowest BCUT2D eigenvalue weighted by Crippen LogP contribution is -2.22. The number of carbonyl (C=O) groups is 1. The van der Waals surface area contributed by atoms with Crippen molar-refractivity contribution in [3.8, 4) is 17.2 Å². The van der Waals surface area contributed by atoms with Crippen LogP contribution in [0.5, 0.6) is 17.2 Å². The van der Waals surface area contributed by atoms with Gasteiger partial charge in [0.25, 0.3) is 5.91 Å². The molecule has 0 saturated heterocycles. The van der Waals surface area contributed by atoms with Gasteiger partial charge in [0, 0.05) is 12.1 Å². The number of amides is 1. The molecule has 122 valence electrons. The standard InChI is InChI=1S/C18H21NO4/c1-12-5-7-13(8-6-12)11-19-18(20)14-9-15(21-2)17(23-4)16(10-14)22-3/h5-10H,11H2,1-4H3,(H,19,20). The van der Waals surface area contributed by atoms with Gasteiger partial charge < -0.3 is 19.5 Å². The minimum atomic E-state index is -0.204. The number of ether oxygens (including phenoxy) is 3. The van der Waals surface area contributed by atoms with E-state index in [0.717, 1.165) is 5.56 Å². The van der Waals surface area contributed by atoms with E-state index < -0.39 is 0 Å². The summed E-state index contributed by atoms with van der Waals surface area (Å²) in [7, 11) is 4.56. The van der Waals surface area contributed by atoms with Crippen LogP contribution >= 0.6 is 0 Å². The third kappa shape index (κ3) is 3.94. The molecule has 0 unspecified atom stereocenters. The third-order valence-corrected chi connectivity index (χ3v) is 3.50. The van der Waals surface area contributed by atoms with Crippen molar-refractivity contribution in [2.45, 2.75) is 13.5 Å². The van der Waals surface area contributed by atoms with E-state index >= 15 is 0 Å². The molecule has 5 nitrogen and oxygen atoms in total. The fourth-order valence-electron chi connectivity index (χ4n) is 2.20. The van der Waals surface area contributed by atoms with Crippen molar-refractivity contribution in [3.63, 3.8) is 0 Å². The zero-order chi connectivity index (χ0) is 16.8. The van der Waals surface area contributed by atoms with E-state index in [2.05, 4.69) is 5.32 Å². The van der Waals surface area contributed by atoms with Crippen LogP contribution in [-0.4, -0.2) is 27.2 Å². The van der Waals surface area contributed by atoms with Crippen LogP contribution in [0.2, 0.25) is 0 Å². The summed E-state index contributed by atoms with van der Waals surface area (Å²) >= 11 is 0. The highest BCUT2D eigenvalue weighted by Crippen LogP contribution is 2.38. The Kier molecular flexibility index (Phi) is 5.46. The molecule has 0 aliphatic heterocycles. The summed E-state index contributed by atoms with van der Waals surface area (Å²) in [5.74, 6) is 1.16. The first-order chi connectivity index (χ1) is 11.1. The number of carbonyl (C=O) groups excluding carboxylic acids is 1. The second kappa shape index (κ2) is 7.54. The quantitative estimate of drug-likeness (QED) is 0.890. The maximum Gasteiger partial charge on any atom is 0.251 e. The Hall–Kier alpha value is -2.69. The largest absolute Gasteiger partial charge is 0.493 e. The molecular weight excluding hydrogens is 294 g/mol. The van der Waals surface area contributed by atoms with Gasteiger partial charge in [0.1, 0.15) is 0 Å². The first-order valence-electron chi connectivity index (χ1n) is 7.22. The Balaban J connectivity index is 2.16. The van der Waals surface area contributed by atoms with Gasteiger partial charge >= 0.3 is 0 Å². The molecule has 0 atom stereocenters. The van der Waals surface area contributed by atoms with Gasteiger partial charge in [-0.3, -0.25) is 4.79 Å². The average Bonchev–Trinajstić information content (AvgIpc) is 2.59. The van der Waals surface area contributed by atoms with Crippen molar-refractivity contribution in [1.82, 2.24) is 5.32 Å². The first kappa shape index (κ1) is 16.7. The number of nitrogens with one attached hydrogen (secondary N) is 1. The molecule has 0 fully saturated rings. The van der Waals surface area contributed by atoms with Crippen LogP contribution in [0, 0.1) is 6.92 Å². The molecule has 2 rings (SSSR count). The summed E-state index contributed by atoms with van der Waals surface area (Å²) in [5.41, 5.74) is 2.67. The first-order valence-corrected chi connectivity index (χ1v) is 7.22. The lowest BCUT2D eigenvalue weighted by Gasteiger charge is -2.14. The zero-order valence-electron chi connectivity index (χ0n) is 13.8. The number of rotatable bonds is 6. The highest BCUT2D eigenvalue weighted by Gasteiger charge is 2.16. The number of benzene rings is 2. The highest BCUT2D eigenvalue weighted by molar-refractivity contribution is 5.95. The van der Waals surface area contributed by atoms with E-state index in [9.17, 15) is 4.79 Å². The van der Waals surface area contributed by atoms with Crippen LogP contribution in [-0.2, 0) is 6.54 Å². The fourth-order valence-corrected chi connectivity index (χ4v) is 2.20. The molecule has 1 amide bonds. The van der Waals surface area contributed by atoms with Crippen LogP contribution in [0.15, 0.2) is 36.4 Å². The zero-order valence-corrected chi connectivity index (χ0v) is 13.8. The Morgan fingerprint density at radius 2 is 1.52 bits per heavy atom. The predicted molar refractivity (Wildman–Crippen MR) is 88.4 cm³/mol. The van der Waals surface area contributed by atoms with E-state index in [1.54, 1.807) is 12.1 Å². The molecule has 23 heavy (non-hydrogen) atoms. The second-order valence-corrected chi connectivity index (χ2v) is 5.08. The molecule has 0 heterocycles. The predicted octanol–water partition coefficient (Wildman–Crippen LogP) is 2.95. The smallest absolute Gasteiger partial charge is 0.251 e. The van der Waals surface area contributed by atoms with E-state index in [0.29, 0.717) is 29.4 Å². The molecule has 0 spiro atoms. The fraction of sp³-hybridized carbons (Fsp3) is 0.278. The molecule has 2 aromatic rings. The lowest BCUT2D eigenvalue weighted by atomic mass is 10.1. The van der Waals surface area contributed by atoms with Gasteiger partial charge in [-0.1, -0.05) is 29.8 Å². The molecule has 0 radical (unpaired) electrons. The molecule has 0 aliphatic carbocycles. The summed E-state index contributed by atoms with van der Waals surface area (Å²) < 4.78 is 15.8. The van der Waals surface area contributed by atoms with Gasteiger partial charge in [-0.05, 0) is 24.6 Å². The molecule has 0 bridgehead atoms. The van der Waals surface area contributed by atoms with E-state index in [1.165, 1.54) is 26.9 Å². The van der Waals surface area contributed by atoms with E-state index in [4.69, 9.17) is 14.2 Å². The maximum atomic E-state index is 12.4. The van der Waals surface area contributed by atoms with Crippen molar-refractivity contribution >= 4 is 5.91 Å². The number of methoxy groups -OCH3 is 3. The summed E-state index contributed by atoms with van der Waals surface area (Å²) in [5, 5.41) is 2.88. The van der Waals surface area contributed by atoms with Gasteiger partial charge in [-0.25, -0.2) is 0 Å². The SMILES string of the molecule is COc1cc(C(=O)NCc2ccc(C)cc2)cc(OC)c1OC. The molecule has 1 N–H and O–H groups in total. The van der Waals surface area contributed by atoms with Crippen molar-refractivity contribution in [2.75, 3.05) is 21.3 Å². The minimum absolute atomic E-state index is 0.204. The lowest BCUT2D eigenvalue weighted by molar-refractivity contribution is 0.0950. The normalized spacial score (nSPS) is 10.1. The monoisotopic (exact) mass is 315 g/mol. The van der Waals surface area contributed by atoms with Gasteiger partial charge in [-0.15, -0.1) is 0 Å². The average molecular weight is 315 g/mol. The van der Waals surface area contributed by atoms with Crippen LogP contribution in [0.3, 0.4) is 0 Å². The Morgan fingerprint density at radius 1 is 0.957 bits per heavy atom. The second-order valence-electron chi connectivity index (χ2n) is 5.08. The van der Waals surface area contributed by atoms with Gasteiger partial charge in [-0.2, -0.15) is 0 Å². The summed E-state index contributed by atoms with van der Waals surface area (Å²) in [6.07, 6.45) is 0. The number of aryl methyl sites for hydroxylation is 1. The Morgan fingerprint density at radius 3 is 2.00 bits per heavy atom. The number of hydrogen-bond donors (Lipinski definition) is 1. The minimum Gasteiger partial charge on any atom is -0.493 e. The Bertz CT molecular complexity index is 655. The van der Waals surface area contributed by atoms with Crippen LogP contribution in [0.1, 0.15) is 21.5 Å². The highest BCUT2D eigenvalue weighted by atomic mass is 16.5. The van der Waals surface area contributed by atoms with Crippen molar-refractivity contribution in [3.05, 3.63) is 53.1 Å². The van der Waals surface area contributed by atoms with E-state index in [1.807, 2.05) is 31.2 Å².